The van der Waals surface area contributed by atoms with Crippen LogP contribution in [0.5, 0.6) is 0 Å². The molecule has 0 aliphatic heterocycles. The van der Waals surface area contributed by atoms with E-state index in [4.69, 9.17) is 4.55 Å². The molecule has 0 spiro atoms. The summed E-state index contributed by atoms with van der Waals surface area (Å²) in [5, 5.41) is 0. The third-order valence-electron chi connectivity index (χ3n) is 2.52. The van der Waals surface area contributed by atoms with E-state index in [1.165, 1.54) is 12.1 Å². The molecule has 0 heterocycles. The third-order valence-corrected chi connectivity index (χ3v) is 3.37. The molecule has 4 heteroatoms. The monoisotopic (exact) mass is 248 g/mol. The normalized spacial score (nSPS) is 11.4. The highest BCUT2D eigenvalue weighted by molar-refractivity contribution is 7.85. The summed E-state index contributed by atoms with van der Waals surface area (Å²) in [4.78, 5) is -0.0874. The molecule has 0 radical (unpaired) electrons. The first-order valence-electron chi connectivity index (χ1n) is 5.11. The second-order valence-electron chi connectivity index (χ2n) is 3.87. The maximum Gasteiger partial charge on any atom is 0.294 e. The fraction of sp³-hybridized carbons (Fsp3) is 0.0769. The third kappa shape index (κ3) is 2.72. The first kappa shape index (κ1) is 11.8. The molecule has 0 bridgehead atoms. The molecule has 2 aromatic carbocycles. The van der Waals surface area contributed by atoms with Crippen molar-refractivity contribution in [1.29, 1.82) is 0 Å². The Labute approximate surface area is 100 Å². The number of hydrogen-bond donors (Lipinski definition) is 1. The van der Waals surface area contributed by atoms with Gasteiger partial charge in [-0.05, 0) is 30.2 Å². The molecule has 0 saturated heterocycles. The van der Waals surface area contributed by atoms with Gasteiger partial charge >= 0.3 is 0 Å². The standard InChI is InChI=1S/C13H12O3S/c1-10-5-7-11(8-6-10)12-3-2-4-13(9-12)17(14,15)16/h2-9H,1H3,(H,14,15,16). The van der Waals surface area contributed by atoms with Crippen molar-refractivity contribution in [3.8, 4) is 11.1 Å². The minimum absolute atomic E-state index is 0.0874. The molecule has 1 N–H and O–H groups in total. The SMILES string of the molecule is Cc1ccc(-c2cccc(S(=O)(=O)O)c2)cc1. The summed E-state index contributed by atoms with van der Waals surface area (Å²) >= 11 is 0. The van der Waals surface area contributed by atoms with Crippen molar-refractivity contribution in [3.63, 3.8) is 0 Å². The van der Waals surface area contributed by atoms with E-state index in [0.717, 1.165) is 16.7 Å². The van der Waals surface area contributed by atoms with Crippen LogP contribution in [0, 0.1) is 6.92 Å². The molecule has 0 atom stereocenters. The van der Waals surface area contributed by atoms with Crippen LogP contribution in [0.1, 0.15) is 5.56 Å². The van der Waals surface area contributed by atoms with Gasteiger partial charge in [-0.15, -0.1) is 0 Å². The molecule has 0 aliphatic rings. The van der Waals surface area contributed by atoms with Crippen molar-refractivity contribution in [3.05, 3.63) is 54.1 Å². The molecule has 0 amide bonds. The van der Waals surface area contributed by atoms with Gasteiger partial charge in [0.05, 0.1) is 4.90 Å². The molecule has 88 valence electrons. The molecule has 2 rings (SSSR count). The molecule has 0 fully saturated rings. The summed E-state index contributed by atoms with van der Waals surface area (Å²) in [7, 11) is -4.14. The van der Waals surface area contributed by atoms with Gasteiger partial charge in [-0.2, -0.15) is 8.42 Å². The van der Waals surface area contributed by atoms with E-state index >= 15 is 0 Å². The maximum absolute atomic E-state index is 11.0. The van der Waals surface area contributed by atoms with E-state index in [-0.39, 0.29) is 4.90 Å². The lowest BCUT2D eigenvalue weighted by Crippen LogP contribution is -1.97. The maximum atomic E-state index is 11.0. The molecule has 0 unspecified atom stereocenters. The van der Waals surface area contributed by atoms with Crippen molar-refractivity contribution in [2.45, 2.75) is 11.8 Å². The summed E-state index contributed by atoms with van der Waals surface area (Å²) in [5.41, 5.74) is 2.82. The smallest absolute Gasteiger partial charge is 0.282 e. The van der Waals surface area contributed by atoms with Gasteiger partial charge in [0.2, 0.25) is 0 Å². The van der Waals surface area contributed by atoms with Crippen molar-refractivity contribution in [1.82, 2.24) is 0 Å². The number of rotatable bonds is 2. The molecular formula is C13H12O3S. The summed E-state index contributed by atoms with van der Waals surface area (Å²) in [6.45, 7) is 1.98. The van der Waals surface area contributed by atoms with Crippen LogP contribution in [0.2, 0.25) is 0 Å². The Morgan fingerprint density at radius 3 is 2.18 bits per heavy atom. The van der Waals surface area contributed by atoms with Gasteiger partial charge in [-0.25, -0.2) is 0 Å². The Morgan fingerprint density at radius 1 is 0.941 bits per heavy atom. The molecule has 0 saturated carbocycles. The molecule has 2 aromatic rings. The largest absolute Gasteiger partial charge is 0.294 e. The van der Waals surface area contributed by atoms with Crippen molar-refractivity contribution in [2.24, 2.45) is 0 Å². The quantitative estimate of drug-likeness (QED) is 0.831. The van der Waals surface area contributed by atoms with E-state index in [1.807, 2.05) is 31.2 Å². The van der Waals surface area contributed by atoms with Crippen molar-refractivity contribution in [2.75, 3.05) is 0 Å². The predicted molar refractivity (Wildman–Crippen MR) is 66.4 cm³/mol. The topological polar surface area (TPSA) is 54.4 Å². The van der Waals surface area contributed by atoms with E-state index in [0.29, 0.717) is 0 Å². The van der Waals surface area contributed by atoms with Crippen molar-refractivity contribution >= 4 is 10.1 Å². The van der Waals surface area contributed by atoms with E-state index < -0.39 is 10.1 Å². The van der Waals surface area contributed by atoms with Crippen LogP contribution in [-0.2, 0) is 10.1 Å². The van der Waals surface area contributed by atoms with Crippen LogP contribution < -0.4 is 0 Å². The molecule has 17 heavy (non-hydrogen) atoms. The van der Waals surface area contributed by atoms with Crippen molar-refractivity contribution < 1.29 is 13.0 Å². The zero-order valence-electron chi connectivity index (χ0n) is 9.29. The summed E-state index contributed by atoms with van der Waals surface area (Å²) in [6.07, 6.45) is 0. The van der Waals surface area contributed by atoms with Crippen LogP contribution in [0.4, 0.5) is 0 Å². The van der Waals surface area contributed by atoms with Gasteiger partial charge in [-0.1, -0.05) is 42.0 Å². The van der Waals surface area contributed by atoms with Crippen LogP contribution in [-0.4, -0.2) is 13.0 Å². The van der Waals surface area contributed by atoms with Crippen LogP contribution >= 0.6 is 0 Å². The van der Waals surface area contributed by atoms with Gasteiger partial charge in [0.1, 0.15) is 0 Å². The highest BCUT2D eigenvalue weighted by atomic mass is 32.2. The van der Waals surface area contributed by atoms with E-state index in [2.05, 4.69) is 0 Å². The lowest BCUT2D eigenvalue weighted by atomic mass is 10.0. The zero-order valence-corrected chi connectivity index (χ0v) is 10.1. The first-order valence-corrected chi connectivity index (χ1v) is 6.55. The van der Waals surface area contributed by atoms with Gasteiger partial charge in [0, 0.05) is 0 Å². The van der Waals surface area contributed by atoms with Crippen LogP contribution in [0.3, 0.4) is 0 Å². The Bertz CT molecular complexity index is 628. The first-order chi connectivity index (χ1) is 7.97. The Balaban J connectivity index is 2.50. The van der Waals surface area contributed by atoms with Gasteiger partial charge < -0.3 is 0 Å². The van der Waals surface area contributed by atoms with Gasteiger partial charge in [0.25, 0.3) is 10.1 Å². The number of benzene rings is 2. The lowest BCUT2D eigenvalue weighted by molar-refractivity contribution is 0.483. The lowest BCUT2D eigenvalue weighted by Gasteiger charge is -2.04. The Hall–Kier alpha value is -1.65. The highest BCUT2D eigenvalue weighted by Gasteiger charge is 2.09. The summed E-state index contributed by atoms with van der Waals surface area (Å²) < 4.78 is 31.0. The van der Waals surface area contributed by atoms with Gasteiger partial charge in [0.15, 0.2) is 0 Å². The van der Waals surface area contributed by atoms with Gasteiger partial charge in [-0.3, -0.25) is 4.55 Å². The second-order valence-corrected chi connectivity index (χ2v) is 5.29. The van der Waals surface area contributed by atoms with Crippen LogP contribution in [0.15, 0.2) is 53.4 Å². The van der Waals surface area contributed by atoms with E-state index in [9.17, 15) is 8.42 Å². The van der Waals surface area contributed by atoms with Crippen LogP contribution in [0.25, 0.3) is 11.1 Å². The average molecular weight is 248 g/mol. The second kappa shape index (κ2) is 4.31. The Morgan fingerprint density at radius 2 is 1.59 bits per heavy atom. The number of hydrogen-bond acceptors (Lipinski definition) is 2. The average Bonchev–Trinajstić information content (AvgIpc) is 2.29. The minimum Gasteiger partial charge on any atom is -0.282 e. The fourth-order valence-corrected chi connectivity index (χ4v) is 2.11. The molecule has 0 aliphatic carbocycles. The highest BCUT2D eigenvalue weighted by Crippen LogP contribution is 2.22. The summed E-state index contributed by atoms with van der Waals surface area (Å²) in [5.74, 6) is 0. The zero-order chi connectivity index (χ0) is 12.5. The fourth-order valence-electron chi connectivity index (χ4n) is 1.58. The minimum atomic E-state index is -4.14. The molecular weight excluding hydrogens is 236 g/mol. The molecule has 0 aromatic heterocycles. The predicted octanol–water partition coefficient (Wildman–Crippen LogP) is 2.91. The molecule has 3 nitrogen and oxygen atoms in total. The summed E-state index contributed by atoms with van der Waals surface area (Å²) in [6, 6.07) is 14.0. The number of aryl methyl sites for hydroxylation is 1. The Kier molecular flexibility index (Phi) is 3.00. The van der Waals surface area contributed by atoms with E-state index in [1.54, 1.807) is 12.1 Å².